The highest BCUT2D eigenvalue weighted by molar-refractivity contribution is 7.99. The second-order valence-electron chi connectivity index (χ2n) is 4.03. The molecule has 0 unspecified atom stereocenters. The summed E-state index contributed by atoms with van der Waals surface area (Å²) in [6.45, 7) is 2.24. The Bertz CT molecular complexity index is 614. The highest BCUT2D eigenvalue weighted by Crippen LogP contribution is 2.18. The van der Waals surface area contributed by atoms with E-state index in [4.69, 9.17) is 0 Å². The molecule has 1 aromatic carbocycles. The molecule has 7 nitrogen and oxygen atoms in total. The largest absolute Gasteiger partial charge is 0.338 e. The Labute approximate surface area is 125 Å². The molecule has 0 atom stereocenters. The number of H-pyrrole nitrogens is 1. The Hall–Kier alpha value is -2.35. The van der Waals surface area contributed by atoms with Crippen LogP contribution in [0.4, 0.5) is 4.79 Å². The van der Waals surface area contributed by atoms with Crippen molar-refractivity contribution in [3.8, 4) is 11.4 Å². The summed E-state index contributed by atoms with van der Waals surface area (Å²) in [5.41, 5.74) is 0.920. The number of aromatic nitrogens is 3. The first-order valence-corrected chi connectivity index (χ1v) is 7.36. The zero-order valence-electron chi connectivity index (χ0n) is 11.4. The molecule has 0 fully saturated rings. The molecule has 2 rings (SSSR count). The predicted octanol–water partition coefficient (Wildman–Crippen LogP) is 1.41. The van der Waals surface area contributed by atoms with Crippen LogP contribution in [0, 0.1) is 0 Å². The van der Waals surface area contributed by atoms with E-state index in [9.17, 15) is 9.59 Å². The first kappa shape index (κ1) is 15.0. The lowest BCUT2D eigenvalue weighted by Gasteiger charge is -2.02. The maximum absolute atomic E-state index is 11.5. The molecule has 2 aromatic rings. The minimum atomic E-state index is -0.497. The van der Waals surface area contributed by atoms with Gasteiger partial charge in [0.05, 0.1) is 5.75 Å². The third kappa shape index (κ3) is 4.60. The van der Waals surface area contributed by atoms with E-state index < -0.39 is 11.9 Å². The van der Waals surface area contributed by atoms with Crippen molar-refractivity contribution in [3.63, 3.8) is 0 Å². The van der Waals surface area contributed by atoms with Crippen LogP contribution >= 0.6 is 11.8 Å². The fourth-order valence-corrected chi connectivity index (χ4v) is 2.13. The Morgan fingerprint density at radius 1 is 1.29 bits per heavy atom. The van der Waals surface area contributed by atoms with E-state index in [-0.39, 0.29) is 5.75 Å². The lowest BCUT2D eigenvalue weighted by molar-refractivity contribution is -0.117. The van der Waals surface area contributed by atoms with Gasteiger partial charge in [0.2, 0.25) is 11.1 Å². The maximum Gasteiger partial charge on any atom is 0.321 e. The van der Waals surface area contributed by atoms with E-state index in [1.807, 2.05) is 30.3 Å². The molecule has 3 N–H and O–H groups in total. The number of nitrogens with zero attached hydrogens (tertiary/aromatic N) is 2. The van der Waals surface area contributed by atoms with Gasteiger partial charge in [0, 0.05) is 12.1 Å². The number of hydrogen-bond acceptors (Lipinski definition) is 5. The Balaban J connectivity index is 1.86. The fraction of sp³-hybridized carbons (Fsp3) is 0.231. The van der Waals surface area contributed by atoms with Crippen molar-refractivity contribution in [2.24, 2.45) is 0 Å². The fourth-order valence-electron chi connectivity index (χ4n) is 1.53. The molecule has 110 valence electrons. The number of imide groups is 1. The summed E-state index contributed by atoms with van der Waals surface area (Å²) in [6.07, 6.45) is 0. The molecule has 0 aliphatic rings. The monoisotopic (exact) mass is 305 g/mol. The van der Waals surface area contributed by atoms with Gasteiger partial charge in [-0.05, 0) is 6.92 Å². The van der Waals surface area contributed by atoms with Crippen LogP contribution in [0.2, 0.25) is 0 Å². The molecule has 21 heavy (non-hydrogen) atoms. The van der Waals surface area contributed by atoms with Gasteiger partial charge in [-0.3, -0.25) is 15.2 Å². The number of nitrogens with one attached hydrogen (secondary N) is 3. The molecular formula is C13H15N5O2S. The zero-order chi connectivity index (χ0) is 15.1. The molecule has 0 aliphatic heterocycles. The van der Waals surface area contributed by atoms with Gasteiger partial charge in [-0.2, -0.15) is 0 Å². The average Bonchev–Trinajstić information content (AvgIpc) is 2.95. The minimum absolute atomic E-state index is 0.0726. The SMILES string of the molecule is CCNC(=O)NC(=O)CSc1n[nH]c(-c2ccccc2)n1. The highest BCUT2D eigenvalue weighted by atomic mass is 32.2. The van der Waals surface area contributed by atoms with Crippen LogP contribution in [-0.2, 0) is 4.79 Å². The van der Waals surface area contributed by atoms with Gasteiger partial charge in [-0.25, -0.2) is 9.78 Å². The van der Waals surface area contributed by atoms with Crippen molar-refractivity contribution < 1.29 is 9.59 Å². The number of carbonyl (C=O) groups excluding carboxylic acids is 2. The number of carbonyl (C=O) groups is 2. The molecule has 3 amide bonds. The molecular weight excluding hydrogens is 290 g/mol. The molecule has 0 bridgehead atoms. The lowest BCUT2D eigenvalue weighted by Crippen LogP contribution is -2.40. The molecule has 1 heterocycles. The van der Waals surface area contributed by atoms with Crippen LogP contribution in [0.25, 0.3) is 11.4 Å². The number of urea groups is 1. The van der Waals surface area contributed by atoms with E-state index in [2.05, 4.69) is 25.8 Å². The second-order valence-corrected chi connectivity index (χ2v) is 4.97. The third-order valence-electron chi connectivity index (χ3n) is 2.43. The van der Waals surface area contributed by atoms with Crippen LogP contribution < -0.4 is 10.6 Å². The Morgan fingerprint density at radius 3 is 2.76 bits per heavy atom. The van der Waals surface area contributed by atoms with Crippen LogP contribution in [0.3, 0.4) is 0 Å². The Morgan fingerprint density at radius 2 is 2.05 bits per heavy atom. The number of rotatable bonds is 5. The molecule has 0 saturated carbocycles. The van der Waals surface area contributed by atoms with Gasteiger partial charge in [-0.1, -0.05) is 42.1 Å². The van der Waals surface area contributed by atoms with Gasteiger partial charge < -0.3 is 5.32 Å². The standard InChI is InChI=1S/C13H15N5O2S/c1-2-14-12(20)15-10(19)8-21-13-16-11(17-18-13)9-6-4-3-5-7-9/h3-7H,2,8H2,1H3,(H,16,17,18)(H2,14,15,19,20). The predicted molar refractivity (Wildman–Crippen MR) is 79.8 cm³/mol. The van der Waals surface area contributed by atoms with Gasteiger partial charge in [0.1, 0.15) is 0 Å². The lowest BCUT2D eigenvalue weighted by atomic mass is 10.2. The number of benzene rings is 1. The van der Waals surface area contributed by atoms with Crippen LogP contribution in [0.15, 0.2) is 35.5 Å². The minimum Gasteiger partial charge on any atom is -0.338 e. The van der Waals surface area contributed by atoms with Crippen LogP contribution in [-0.4, -0.2) is 39.4 Å². The molecule has 0 spiro atoms. The normalized spacial score (nSPS) is 10.1. The van der Waals surface area contributed by atoms with Gasteiger partial charge in [0.25, 0.3) is 0 Å². The summed E-state index contributed by atoms with van der Waals surface area (Å²) < 4.78 is 0. The quantitative estimate of drug-likeness (QED) is 0.725. The molecule has 8 heteroatoms. The van der Waals surface area contributed by atoms with E-state index in [1.165, 1.54) is 0 Å². The van der Waals surface area contributed by atoms with E-state index in [1.54, 1.807) is 6.92 Å². The summed E-state index contributed by atoms with van der Waals surface area (Å²) in [6, 6.07) is 9.06. The number of hydrogen-bond donors (Lipinski definition) is 3. The zero-order valence-corrected chi connectivity index (χ0v) is 12.2. The Kier molecular flexibility index (Phi) is 5.33. The van der Waals surface area contributed by atoms with Crippen molar-refractivity contribution in [2.75, 3.05) is 12.3 Å². The molecule has 0 saturated heterocycles. The van der Waals surface area contributed by atoms with E-state index in [0.717, 1.165) is 17.3 Å². The van der Waals surface area contributed by atoms with Crippen molar-refractivity contribution in [1.82, 2.24) is 25.8 Å². The van der Waals surface area contributed by atoms with Crippen molar-refractivity contribution in [2.45, 2.75) is 12.1 Å². The van der Waals surface area contributed by atoms with Crippen molar-refractivity contribution in [3.05, 3.63) is 30.3 Å². The third-order valence-corrected chi connectivity index (χ3v) is 3.28. The average molecular weight is 305 g/mol. The first-order chi connectivity index (χ1) is 10.2. The van der Waals surface area contributed by atoms with Crippen LogP contribution in [0.5, 0.6) is 0 Å². The van der Waals surface area contributed by atoms with Crippen LogP contribution in [0.1, 0.15) is 6.92 Å². The molecule has 1 aromatic heterocycles. The number of thioether (sulfide) groups is 1. The topological polar surface area (TPSA) is 99.8 Å². The number of aromatic amines is 1. The summed E-state index contributed by atoms with van der Waals surface area (Å²) >= 11 is 1.16. The summed E-state index contributed by atoms with van der Waals surface area (Å²) in [5.74, 6) is 0.322. The van der Waals surface area contributed by atoms with E-state index in [0.29, 0.717) is 17.5 Å². The smallest absolute Gasteiger partial charge is 0.321 e. The summed E-state index contributed by atoms with van der Waals surface area (Å²) in [7, 11) is 0. The van der Waals surface area contributed by atoms with E-state index >= 15 is 0 Å². The first-order valence-electron chi connectivity index (χ1n) is 6.37. The van der Waals surface area contributed by atoms with Crippen molar-refractivity contribution in [1.29, 1.82) is 0 Å². The molecule has 0 radical (unpaired) electrons. The molecule has 0 aliphatic carbocycles. The van der Waals surface area contributed by atoms with Crippen molar-refractivity contribution >= 4 is 23.7 Å². The highest BCUT2D eigenvalue weighted by Gasteiger charge is 2.10. The summed E-state index contributed by atoms with van der Waals surface area (Å²) in [4.78, 5) is 27.0. The summed E-state index contributed by atoms with van der Waals surface area (Å²) in [5, 5.41) is 12.0. The van der Waals surface area contributed by atoms with Gasteiger partial charge in [-0.15, -0.1) is 5.10 Å². The second kappa shape index (κ2) is 7.44. The maximum atomic E-state index is 11.5. The number of amides is 3. The van der Waals surface area contributed by atoms with Gasteiger partial charge >= 0.3 is 6.03 Å². The van der Waals surface area contributed by atoms with Gasteiger partial charge in [0.15, 0.2) is 5.82 Å².